The minimum Gasteiger partial charge on any atom is -0.484 e. The van der Waals surface area contributed by atoms with Crippen LogP contribution in [0.15, 0.2) is 29.3 Å². The van der Waals surface area contributed by atoms with Crippen molar-refractivity contribution >= 4 is 11.9 Å². The zero-order chi connectivity index (χ0) is 21.1. The minimum atomic E-state index is -0.0660. The van der Waals surface area contributed by atoms with Crippen LogP contribution in [-0.4, -0.2) is 89.4 Å². The third-order valence-electron chi connectivity index (χ3n) is 4.79. The van der Waals surface area contributed by atoms with Crippen LogP contribution in [0.25, 0.3) is 0 Å². The van der Waals surface area contributed by atoms with E-state index >= 15 is 0 Å². The molecule has 1 amide bonds. The van der Waals surface area contributed by atoms with Gasteiger partial charge in [0.25, 0.3) is 5.91 Å². The third kappa shape index (κ3) is 7.91. The summed E-state index contributed by atoms with van der Waals surface area (Å²) < 4.78 is 16.3. The maximum Gasteiger partial charge on any atom is 0.259 e. The van der Waals surface area contributed by atoms with Crippen LogP contribution < -0.4 is 10.1 Å². The molecule has 8 heteroatoms. The highest BCUT2D eigenvalue weighted by Gasteiger charge is 2.24. The average molecular weight is 407 g/mol. The summed E-state index contributed by atoms with van der Waals surface area (Å²) in [6.07, 6.45) is 1.09. The number of nitrogens with zero attached hydrogens (tertiary/aromatic N) is 3. The smallest absolute Gasteiger partial charge is 0.259 e. The van der Waals surface area contributed by atoms with Crippen LogP contribution in [0.4, 0.5) is 0 Å². The number of aliphatic imine (C=N–C) groups is 1. The number of carbonyl (C=O) groups excluding carboxylic acids is 1. The van der Waals surface area contributed by atoms with Crippen LogP contribution >= 0.6 is 0 Å². The molecule has 8 nitrogen and oxygen atoms in total. The van der Waals surface area contributed by atoms with Gasteiger partial charge in [0, 0.05) is 53.8 Å². The Morgan fingerprint density at radius 2 is 2.17 bits per heavy atom. The van der Waals surface area contributed by atoms with Crippen LogP contribution in [-0.2, 0) is 20.8 Å². The topological polar surface area (TPSA) is 75.6 Å². The van der Waals surface area contributed by atoms with Crippen molar-refractivity contribution in [1.82, 2.24) is 15.1 Å². The highest BCUT2D eigenvalue weighted by atomic mass is 16.5. The number of guanidine groups is 1. The van der Waals surface area contributed by atoms with E-state index in [1.165, 1.54) is 4.90 Å². The van der Waals surface area contributed by atoms with Gasteiger partial charge >= 0.3 is 0 Å². The minimum absolute atomic E-state index is 0.0349. The van der Waals surface area contributed by atoms with Gasteiger partial charge in [-0.1, -0.05) is 12.1 Å². The van der Waals surface area contributed by atoms with E-state index in [1.54, 1.807) is 28.3 Å². The van der Waals surface area contributed by atoms with Crippen molar-refractivity contribution in [3.8, 4) is 5.75 Å². The summed E-state index contributed by atoms with van der Waals surface area (Å²) in [5.74, 6) is 2.02. The number of benzene rings is 1. The van der Waals surface area contributed by atoms with Crippen LogP contribution in [0.3, 0.4) is 0 Å². The van der Waals surface area contributed by atoms with Gasteiger partial charge in [0.1, 0.15) is 5.75 Å². The predicted octanol–water partition coefficient (Wildman–Crippen LogP) is 1.21. The van der Waals surface area contributed by atoms with Gasteiger partial charge in [-0.05, 0) is 24.1 Å². The van der Waals surface area contributed by atoms with Gasteiger partial charge in [0.05, 0.1) is 19.8 Å². The Morgan fingerprint density at radius 3 is 2.90 bits per heavy atom. The Kier molecular flexibility index (Phi) is 9.73. The Labute approximate surface area is 173 Å². The van der Waals surface area contributed by atoms with Gasteiger partial charge in [-0.3, -0.25) is 9.79 Å². The Bertz CT molecular complexity index is 666. The largest absolute Gasteiger partial charge is 0.484 e. The second-order valence-electron chi connectivity index (χ2n) is 7.29. The van der Waals surface area contributed by atoms with E-state index in [0.717, 1.165) is 37.6 Å². The molecule has 0 spiro atoms. The number of hydrogen-bond acceptors (Lipinski definition) is 5. The zero-order valence-electron chi connectivity index (χ0n) is 18.0. The van der Waals surface area contributed by atoms with Gasteiger partial charge in [-0.2, -0.15) is 0 Å². The van der Waals surface area contributed by atoms with Crippen molar-refractivity contribution < 1.29 is 19.0 Å². The Balaban J connectivity index is 1.79. The first kappa shape index (κ1) is 23.0. The van der Waals surface area contributed by atoms with Gasteiger partial charge in [-0.15, -0.1) is 0 Å². The normalized spacial score (nSPS) is 16.8. The molecule has 1 aromatic carbocycles. The van der Waals surface area contributed by atoms with Crippen LogP contribution in [0, 0.1) is 5.92 Å². The van der Waals surface area contributed by atoms with Crippen LogP contribution in [0.1, 0.15) is 12.0 Å². The van der Waals surface area contributed by atoms with Crippen molar-refractivity contribution in [2.45, 2.75) is 13.0 Å². The van der Waals surface area contributed by atoms with Crippen molar-refractivity contribution in [2.24, 2.45) is 10.9 Å². The van der Waals surface area contributed by atoms with E-state index < -0.39 is 0 Å². The highest BCUT2D eigenvalue weighted by Crippen LogP contribution is 2.17. The molecule has 162 valence electrons. The fraction of sp³-hybridized carbons (Fsp3) is 0.619. The van der Waals surface area contributed by atoms with E-state index in [9.17, 15) is 4.79 Å². The SMILES string of the molecule is CN=C(NCc1cccc(OCC(=O)N(C)C)c1)N1CCC(COCCOC)C1. The number of likely N-dealkylation sites (tertiary alicyclic amines) is 1. The summed E-state index contributed by atoms with van der Waals surface area (Å²) in [7, 11) is 6.91. The molecule has 1 unspecified atom stereocenters. The molecule has 29 heavy (non-hydrogen) atoms. The van der Waals surface area contributed by atoms with E-state index in [0.29, 0.717) is 31.4 Å². The molecule has 0 aromatic heterocycles. The number of hydrogen-bond donors (Lipinski definition) is 1. The second kappa shape index (κ2) is 12.3. The lowest BCUT2D eigenvalue weighted by molar-refractivity contribution is -0.130. The fourth-order valence-corrected chi connectivity index (χ4v) is 3.09. The zero-order valence-corrected chi connectivity index (χ0v) is 18.0. The molecule has 1 aromatic rings. The summed E-state index contributed by atoms with van der Waals surface area (Å²) in [5, 5.41) is 3.42. The molecule has 1 heterocycles. The Hall–Kier alpha value is -2.32. The van der Waals surface area contributed by atoms with E-state index in [1.807, 2.05) is 24.3 Å². The number of carbonyl (C=O) groups is 1. The maximum atomic E-state index is 11.7. The number of methoxy groups -OCH3 is 1. The molecular formula is C21H34N4O4. The summed E-state index contributed by atoms with van der Waals surface area (Å²) in [5.41, 5.74) is 1.07. The molecule has 0 radical (unpaired) electrons. The summed E-state index contributed by atoms with van der Waals surface area (Å²) in [4.78, 5) is 19.9. The highest BCUT2D eigenvalue weighted by molar-refractivity contribution is 5.80. The summed E-state index contributed by atoms with van der Waals surface area (Å²) >= 11 is 0. The monoisotopic (exact) mass is 406 g/mol. The lowest BCUT2D eigenvalue weighted by Gasteiger charge is -2.22. The molecule has 0 aliphatic carbocycles. The molecule has 2 rings (SSSR count). The van der Waals surface area contributed by atoms with Gasteiger partial charge in [0.15, 0.2) is 12.6 Å². The number of ether oxygens (including phenoxy) is 3. The molecular weight excluding hydrogens is 372 g/mol. The maximum absolute atomic E-state index is 11.7. The molecule has 0 bridgehead atoms. The number of rotatable bonds is 10. The van der Waals surface area contributed by atoms with Crippen LogP contribution in [0.5, 0.6) is 5.75 Å². The van der Waals surface area contributed by atoms with Crippen molar-refractivity contribution in [3.05, 3.63) is 29.8 Å². The first-order valence-electron chi connectivity index (χ1n) is 9.97. The lowest BCUT2D eigenvalue weighted by atomic mass is 10.1. The molecule has 0 saturated carbocycles. The number of nitrogens with one attached hydrogen (secondary N) is 1. The summed E-state index contributed by atoms with van der Waals surface area (Å²) in [6.45, 7) is 4.59. The van der Waals surface area contributed by atoms with Crippen molar-refractivity contribution in [2.75, 3.05) is 67.8 Å². The standard InChI is InChI=1S/C21H34N4O4/c1-22-21(25-9-8-18(14-25)15-28-11-10-27-4)23-13-17-6-5-7-19(12-17)29-16-20(26)24(2)3/h5-7,12,18H,8-11,13-16H2,1-4H3,(H,22,23). The number of likely N-dealkylation sites (N-methyl/N-ethyl adjacent to an activating group) is 1. The predicted molar refractivity (Wildman–Crippen MR) is 113 cm³/mol. The van der Waals surface area contributed by atoms with E-state index in [-0.39, 0.29) is 12.5 Å². The molecule has 1 fully saturated rings. The first-order valence-corrected chi connectivity index (χ1v) is 9.97. The van der Waals surface area contributed by atoms with Gasteiger partial charge in [-0.25, -0.2) is 0 Å². The van der Waals surface area contributed by atoms with Gasteiger partial charge in [0.2, 0.25) is 0 Å². The third-order valence-corrected chi connectivity index (χ3v) is 4.79. The van der Waals surface area contributed by atoms with Gasteiger partial charge < -0.3 is 29.3 Å². The first-order chi connectivity index (χ1) is 14.0. The van der Waals surface area contributed by atoms with Crippen molar-refractivity contribution in [3.63, 3.8) is 0 Å². The Morgan fingerprint density at radius 1 is 1.34 bits per heavy atom. The molecule has 1 saturated heterocycles. The molecule has 1 aliphatic heterocycles. The van der Waals surface area contributed by atoms with Crippen molar-refractivity contribution in [1.29, 1.82) is 0 Å². The molecule has 1 atom stereocenters. The average Bonchev–Trinajstić information content (AvgIpc) is 3.19. The van der Waals surface area contributed by atoms with E-state index in [4.69, 9.17) is 14.2 Å². The number of amides is 1. The van der Waals surface area contributed by atoms with E-state index in [2.05, 4.69) is 15.2 Å². The quantitative estimate of drug-likeness (QED) is 0.358. The fourth-order valence-electron chi connectivity index (χ4n) is 3.09. The lowest BCUT2D eigenvalue weighted by Crippen LogP contribution is -2.39. The molecule has 1 aliphatic rings. The second-order valence-corrected chi connectivity index (χ2v) is 7.29. The summed E-state index contributed by atoms with van der Waals surface area (Å²) in [6, 6.07) is 7.76. The molecule has 1 N–H and O–H groups in total. The van der Waals surface area contributed by atoms with Crippen LogP contribution in [0.2, 0.25) is 0 Å².